The van der Waals surface area contributed by atoms with Gasteiger partial charge in [-0.1, -0.05) is 121 Å². The second-order valence-electron chi connectivity index (χ2n) is 13.4. The number of para-hydroxylation sites is 1. The Morgan fingerprint density at radius 3 is 2.17 bits per heavy atom. The van der Waals surface area contributed by atoms with Crippen molar-refractivity contribution in [3.63, 3.8) is 0 Å². The van der Waals surface area contributed by atoms with E-state index < -0.39 is 0 Å². The summed E-state index contributed by atoms with van der Waals surface area (Å²) in [5.41, 5.74) is 6.89. The summed E-state index contributed by atoms with van der Waals surface area (Å²) >= 11 is 1.83. The number of amidine groups is 2. The summed E-state index contributed by atoms with van der Waals surface area (Å²) in [7, 11) is 0. The molecular weight excluding hydrogens is 655 g/mol. The van der Waals surface area contributed by atoms with Crippen LogP contribution in [0.1, 0.15) is 22.9 Å². The zero-order valence-corrected chi connectivity index (χ0v) is 28.7. The van der Waals surface area contributed by atoms with Gasteiger partial charge in [-0.25, -0.2) is 9.98 Å². The van der Waals surface area contributed by atoms with Gasteiger partial charge in [0.25, 0.3) is 0 Å². The lowest BCUT2D eigenvalue weighted by atomic mass is 9.94. The molecule has 1 unspecified atom stereocenters. The number of nitrogens with zero attached hydrogens (tertiary/aromatic N) is 2. The molecule has 1 atom stereocenters. The molecule has 1 aliphatic heterocycles. The smallest absolute Gasteiger partial charge is 0.160 e. The highest BCUT2D eigenvalue weighted by molar-refractivity contribution is 7.25. The number of thiophene rings is 1. The van der Waals surface area contributed by atoms with Crippen LogP contribution in [0.3, 0.4) is 0 Å². The van der Waals surface area contributed by atoms with Gasteiger partial charge in [0.05, 0.1) is 0 Å². The Balaban J connectivity index is 1.17. The fourth-order valence-corrected chi connectivity index (χ4v) is 8.89. The molecule has 0 radical (unpaired) electrons. The van der Waals surface area contributed by atoms with E-state index in [1.807, 2.05) is 23.5 Å². The lowest BCUT2D eigenvalue weighted by Gasteiger charge is -2.24. The first-order chi connectivity index (χ1) is 25.7. The van der Waals surface area contributed by atoms with Crippen molar-refractivity contribution < 1.29 is 4.42 Å². The number of fused-ring (bicyclic) bond motifs is 8. The predicted octanol–water partition coefficient (Wildman–Crippen LogP) is 12.4. The minimum atomic E-state index is -0.369. The number of benzene rings is 8. The Bertz CT molecular complexity index is 3120. The maximum Gasteiger partial charge on any atom is 0.160 e. The zero-order valence-electron chi connectivity index (χ0n) is 27.9. The topological polar surface area (TPSA) is 49.9 Å². The van der Waals surface area contributed by atoms with Crippen molar-refractivity contribution in [2.24, 2.45) is 9.98 Å². The van der Waals surface area contributed by atoms with Crippen molar-refractivity contribution in [1.82, 2.24) is 5.32 Å². The van der Waals surface area contributed by atoms with Crippen LogP contribution in [0.5, 0.6) is 0 Å². The van der Waals surface area contributed by atoms with E-state index in [9.17, 15) is 0 Å². The molecule has 244 valence electrons. The first kappa shape index (κ1) is 29.2. The van der Waals surface area contributed by atoms with Gasteiger partial charge in [-0.05, 0) is 80.7 Å². The molecule has 0 aliphatic carbocycles. The average molecular weight is 684 g/mol. The van der Waals surface area contributed by atoms with Crippen molar-refractivity contribution in [2.75, 3.05) is 0 Å². The third kappa shape index (κ3) is 4.67. The second kappa shape index (κ2) is 11.5. The monoisotopic (exact) mass is 683 g/mol. The van der Waals surface area contributed by atoms with Crippen molar-refractivity contribution >= 4 is 86.7 Å². The van der Waals surface area contributed by atoms with E-state index in [-0.39, 0.29) is 6.17 Å². The Labute approximate surface area is 303 Å². The molecule has 0 spiro atoms. The van der Waals surface area contributed by atoms with E-state index in [4.69, 9.17) is 14.4 Å². The Hall–Kier alpha value is -6.56. The average Bonchev–Trinajstić information content (AvgIpc) is 3.78. The Morgan fingerprint density at radius 1 is 0.500 bits per heavy atom. The first-order valence-electron chi connectivity index (χ1n) is 17.5. The SMILES string of the molecule is c1ccc2cc(C3=NC(c4cc(-c5cccc6ccccc56)cc5oc6ccccc6c45)=NC(c4ccc5sc6ccccc6c5c4)N3)ccc2c1. The minimum absolute atomic E-state index is 0.369. The minimum Gasteiger partial charge on any atom is -0.456 e. The van der Waals surface area contributed by atoms with Gasteiger partial charge in [0.2, 0.25) is 0 Å². The van der Waals surface area contributed by atoms with Gasteiger partial charge in [-0.2, -0.15) is 0 Å². The molecule has 4 nitrogen and oxygen atoms in total. The summed E-state index contributed by atoms with van der Waals surface area (Å²) in [4.78, 5) is 10.8. The molecule has 0 saturated heterocycles. The molecule has 8 aromatic carbocycles. The van der Waals surface area contributed by atoms with Crippen LogP contribution < -0.4 is 5.32 Å². The van der Waals surface area contributed by atoms with Crippen LogP contribution in [0, 0.1) is 0 Å². The molecule has 0 fully saturated rings. The number of aliphatic imine (C=N–C) groups is 2. The van der Waals surface area contributed by atoms with Crippen LogP contribution in [-0.2, 0) is 0 Å². The molecule has 1 aliphatic rings. The summed E-state index contributed by atoms with van der Waals surface area (Å²) < 4.78 is 9.14. The molecule has 3 heterocycles. The largest absolute Gasteiger partial charge is 0.456 e. The molecule has 11 rings (SSSR count). The zero-order chi connectivity index (χ0) is 34.2. The van der Waals surface area contributed by atoms with Crippen molar-refractivity contribution in [1.29, 1.82) is 0 Å². The highest BCUT2D eigenvalue weighted by Crippen LogP contribution is 2.40. The van der Waals surface area contributed by atoms with Crippen molar-refractivity contribution in [2.45, 2.75) is 6.17 Å². The molecule has 1 N–H and O–H groups in total. The van der Waals surface area contributed by atoms with E-state index >= 15 is 0 Å². The molecule has 5 heteroatoms. The van der Waals surface area contributed by atoms with Gasteiger partial charge in [0.15, 0.2) is 5.84 Å². The number of hydrogen-bond acceptors (Lipinski definition) is 5. The molecular formula is C47H29N3OS. The van der Waals surface area contributed by atoms with E-state index in [0.29, 0.717) is 5.84 Å². The standard InChI is InChI=1S/C47H29N3OS/c1-2-12-30-24-31(21-20-28(30)10-1)45-48-46(32-22-23-43-38(25-32)36-15-6-8-19-42(36)52-43)50-47(49-45)39-26-33(35-17-9-13-29-11-3-4-14-34(29)35)27-41-44(39)37-16-5-7-18-40(37)51-41/h1-27,46H,(H,48,49,50). The van der Waals surface area contributed by atoms with Crippen LogP contribution >= 0.6 is 11.3 Å². The van der Waals surface area contributed by atoms with Crippen LogP contribution in [-0.4, -0.2) is 11.7 Å². The first-order valence-corrected chi connectivity index (χ1v) is 18.3. The van der Waals surface area contributed by atoms with Gasteiger partial charge >= 0.3 is 0 Å². The van der Waals surface area contributed by atoms with Gasteiger partial charge in [0.1, 0.15) is 23.2 Å². The Morgan fingerprint density at radius 2 is 1.25 bits per heavy atom. The molecule has 52 heavy (non-hydrogen) atoms. The van der Waals surface area contributed by atoms with E-state index in [2.05, 4.69) is 157 Å². The normalized spacial score (nSPS) is 14.7. The lowest BCUT2D eigenvalue weighted by Crippen LogP contribution is -2.33. The van der Waals surface area contributed by atoms with Gasteiger partial charge in [-0.3, -0.25) is 0 Å². The number of rotatable bonds is 4. The van der Waals surface area contributed by atoms with E-state index in [1.165, 1.54) is 36.3 Å². The summed E-state index contributed by atoms with van der Waals surface area (Å²) in [6.07, 6.45) is -0.369. The van der Waals surface area contributed by atoms with Gasteiger partial charge in [0, 0.05) is 42.1 Å². The Kier molecular flexibility index (Phi) is 6.45. The summed E-state index contributed by atoms with van der Waals surface area (Å²) in [5, 5.41) is 13.1. The molecule has 0 bridgehead atoms. The summed E-state index contributed by atoms with van der Waals surface area (Å²) in [6, 6.07) is 58.0. The quantitative estimate of drug-likeness (QED) is 0.201. The number of hydrogen-bond donors (Lipinski definition) is 1. The van der Waals surface area contributed by atoms with Crippen LogP contribution in [0.4, 0.5) is 0 Å². The number of furan rings is 1. The van der Waals surface area contributed by atoms with E-state index in [1.54, 1.807) is 0 Å². The molecule has 2 aromatic heterocycles. The molecule has 10 aromatic rings. The maximum atomic E-state index is 6.59. The number of nitrogens with one attached hydrogen (secondary N) is 1. The molecule has 0 amide bonds. The van der Waals surface area contributed by atoms with Crippen molar-refractivity contribution in [3.05, 3.63) is 180 Å². The fraction of sp³-hybridized carbons (Fsp3) is 0.0213. The third-order valence-corrected chi connectivity index (χ3v) is 11.5. The van der Waals surface area contributed by atoms with Crippen LogP contribution in [0.2, 0.25) is 0 Å². The van der Waals surface area contributed by atoms with Crippen molar-refractivity contribution in [3.8, 4) is 11.1 Å². The van der Waals surface area contributed by atoms with Gasteiger partial charge < -0.3 is 9.73 Å². The predicted molar refractivity (Wildman–Crippen MR) is 219 cm³/mol. The van der Waals surface area contributed by atoms with E-state index in [0.717, 1.165) is 61.0 Å². The maximum absolute atomic E-state index is 6.59. The molecule has 0 saturated carbocycles. The highest BCUT2D eigenvalue weighted by Gasteiger charge is 2.25. The highest BCUT2D eigenvalue weighted by atomic mass is 32.1. The second-order valence-corrected chi connectivity index (χ2v) is 14.5. The van der Waals surface area contributed by atoms with Gasteiger partial charge in [-0.15, -0.1) is 11.3 Å². The fourth-order valence-electron chi connectivity index (χ4n) is 7.80. The van der Waals surface area contributed by atoms with Crippen LogP contribution in [0.15, 0.2) is 178 Å². The third-order valence-electron chi connectivity index (χ3n) is 10.3. The lowest BCUT2D eigenvalue weighted by molar-refractivity contribution is 0.668. The summed E-state index contributed by atoms with van der Waals surface area (Å²) in [6.45, 7) is 0. The summed E-state index contributed by atoms with van der Waals surface area (Å²) in [5.74, 6) is 1.45. The van der Waals surface area contributed by atoms with Crippen LogP contribution in [0.25, 0.3) is 74.8 Å².